The number of carbonyl (C=O) groups excluding carboxylic acids is 2. The molecule has 0 unspecified atom stereocenters. The predicted molar refractivity (Wildman–Crippen MR) is 122 cm³/mol. The molecule has 154 valence electrons. The van der Waals surface area contributed by atoms with Crippen molar-refractivity contribution in [3.8, 4) is 11.1 Å². The van der Waals surface area contributed by atoms with E-state index >= 15 is 0 Å². The molecule has 5 nitrogen and oxygen atoms in total. The third-order valence-corrected chi connectivity index (χ3v) is 4.79. The van der Waals surface area contributed by atoms with Gasteiger partial charge in [0.1, 0.15) is 0 Å². The lowest BCUT2D eigenvalue weighted by atomic mass is 10.0. The molecule has 0 aliphatic carbocycles. The fourth-order valence-electron chi connectivity index (χ4n) is 3.34. The van der Waals surface area contributed by atoms with Crippen LogP contribution in [0.15, 0.2) is 78.9 Å². The minimum Gasteiger partial charge on any atom is -0.325 e. The normalized spacial score (nSPS) is 10.6. The lowest BCUT2D eigenvalue weighted by Crippen LogP contribution is -2.36. The Morgan fingerprint density at radius 1 is 0.733 bits per heavy atom. The second-order valence-corrected chi connectivity index (χ2v) is 7.19. The Balaban J connectivity index is 1.57. The highest BCUT2D eigenvalue weighted by molar-refractivity contribution is 5.97. The van der Waals surface area contributed by atoms with E-state index in [-0.39, 0.29) is 24.9 Å². The molecular weight excluding hydrogens is 374 g/mol. The smallest absolute Gasteiger partial charge is 0.238 e. The molecule has 2 N–H and O–H groups in total. The third kappa shape index (κ3) is 5.78. The van der Waals surface area contributed by atoms with Crippen LogP contribution in [0.4, 0.5) is 11.4 Å². The first-order chi connectivity index (χ1) is 14.6. The Morgan fingerprint density at radius 3 is 1.93 bits per heavy atom. The van der Waals surface area contributed by atoms with Gasteiger partial charge in [0.25, 0.3) is 0 Å². The lowest BCUT2D eigenvalue weighted by molar-refractivity contribution is -0.119. The van der Waals surface area contributed by atoms with Crippen molar-refractivity contribution in [2.24, 2.45) is 0 Å². The summed E-state index contributed by atoms with van der Waals surface area (Å²) in [6.07, 6.45) is 0.843. The van der Waals surface area contributed by atoms with E-state index in [1.807, 2.05) is 78.9 Å². The van der Waals surface area contributed by atoms with E-state index in [9.17, 15) is 9.59 Å². The second kappa shape index (κ2) is 10.4. The standard InChI is InChI=1S/C25H27N3O2/c1-3-19-11-7-9-15-22(19)26-24(29)17-28(2)18-25(30)27-23-16-10-8-14-21(23)20-12-5-4-6-13-20/h4-16H,3,17-18H2,1-2H3,(H,26,29)(H,27,30). The van der Waals surface area contributed by atoms with E-state index in [1.165, 1.54) is 0 Å². The summed E-state index contributed by atoms with van der Waals surface area (Å²) in [5.41, 5.74) is 4.66. The van der Waals surface area contributed by atoms with Gasteiger partial charge >= 0.3 is 0 Å². The van der Waals surface area contributed by atoms with Crippen LogP contribution in [0.1, 0.15) is 12.5 Å². The molecule has 0 spiro atoms. The van der Waals surface area contributed by atoms with Gasteiger partial charge < -0.3 is 10.6 Å². The number of nitrogens with zero attached hydrogens (tertiary/aromatic N) is 1. The summed E-state index contributed by atoms with van der Waals surface area (Å²) in [5.74, 6) is -0.307. The van der Waals surface area contributed by atoms with E-state index in [0.29, 0.717) is 0 Å². The number of rotatable bonds is 8. The summed E-state index contributed by atoms with van der Waals surface area (Å²) in [5, 5.41) is 5.90. The van der Waals surface area contributed by atoms with Crippen molar-refractivity contribution in [1.29, 1.82) is 0 Å². The molecule has 0 saturated carbocycles. The molecule has 0 bridgehead atoms. The topological polar surface area (TPSA) is 61.4 Å². The fraction of sp³-hybridized carbons (Fsp3) is 0.200. The van der Waals surface area contributed by atoms with Crippen molar-refractivity contribution in [2.75, 3.05) is 30.8 Å². The first kappa shape index (κ1) is 21.3. The van der Waals surface area contributed by atoms with Gasteiger partial charge in [0, 0.05) is 16.9 Å². The molecule has 0 atom stereocenters. The Bertz CT molecular complexity index is 1000. The van der Waals surface area contributed by atoms with Crippen LogP contribution in [0.25, 0.3) is 11.1 Å². The molecule has 2 amide bonds. The average Bonchev–Trinajstić information content (AvgIpc) is 2.74. The molecule has 3 aromatic carbocycles. The van der Waals surface area contributed by atoms with Crippen LogP contribution in [0.3, 0.4) is 0 Å². The Labute approximate surface area is 177 Å². The zero-order chi connectivity index (χ0) is 21.3. The van der Waals surface area contributed by atoms with E-state index in [2.05, 4.69) is 17.6 Å². The molecule has 5 heteroatoms. The molecule has 0 aliphatic heterocycles. The maximum atomic E-state index is 12.6. The van der Waals surface area contributed by atoms with Crippen molar-refractivity contribution in [2.45, 2.75) is 13.3 Å². The Kier molecular flexibility index (Phi) is 7.35. The number of nitrogens with one attached hydrogen (secondary N) is 2. The van der Waals surface area contributed by atoms with Crippen molar-refractivity contribution in [3.05, 3.63) is 84.4 Å². The van der Waals surface area contributed by atoms with E-state index < -0.39 is 0 Å². The van der Waals surface area contributed by atoms with Crippen LogP contribution in [-0.2, 0) is 16.0 Å². The van der Waals surface area contributed by atoms with E-state index in [4.69, 9.17) is 0 Å². The summed E-state index contributed by atoms with van der Waals surface area (Å²) in [6.45, 7) is 2.30. The number of aryl methyl sites for hydroxylation is 1. The number of para-hydroxylation sites is 2. The molecule has 3 aromatic rings. The highest BCUT2D eigenvalue weighted by atomic mass is 16.2. The van der Waals surface area contributed by atoms with Crippen LogP contribution < -0.4 is 10.6 Å². The number of hydrogen-bond acceptors (Lipinski definition) is 3. The van der Waals surface area contributed by atoms with E-state index in [1.54, 1.807) is 11.9 Å². The summed E-state index contributed by atoms with van der Waals surface area (Å²) in [4.78, 5) is 26.6. The zero-order valence-electron chi connectivity index (χ0n) is 17.4. The lowest BCUT2D eigenvalue weighted by Gasteiger charge is -2.18. The Morgan fingerprint density at radius 2 is 1.27 bits per heavy atom. The number of benzene rings is 3. The van der Waals surface area contributed by atoms with Crippen molar-refractivity contribution in [3.63, 3.8) is 0 Å². The average molecular weight is 402 g/mol. The van der Waals surface area contributed by atoms with E-state index in [0.717, 1.165) is 34.5 Å². The van der Waals surface area contributed by atoms with Crippen molar-refractivity contribution >= 4 is 23.2 Å². The number of carbonyl (C=O) groups is 2. The number of anilines is 2. The number of likely N-dealkylation sites (N-methyl/N-ethyl adjacent to an activating group) is 1. The van der Waals surface area contributed by atoms with Crippen molar-refractivity contribution in [1.82, 2.24) is 4.90 Å². The van der Waals surface area contributed by atoms with Gasteiger partial charge in [-0.05, 0) is 36.7 Å². The zero-order valence-corrected chi connectivity index (χ0v) is 17.4. The van der Waals surface area contributed by atoms with Crippen LogP contribution in [0.5, 0.6) is 0 Å². The minimum atomic E-state index is -0.164. The highest BCUT2D eigenvalue weighted by Gasteiger charge is 2.13. The summed E-state index contributed by atoms with van der Waals surface area (Å²) < 4.78 is 0. The van der Waals surface area contributed by atoms with Gasteiger partial charge in [0.15, 0.2) is 0 Å². The Hall–Kier alpha value is -3.44. The van der Waals surface area contributed by atoms with Gasteiger partial charge in [-0.15, -0.1) is 0 Å². The fourth-order valence-corrected chi connectivity index (χ4v) is 3.34. The monoisotopic (exact) mass is 401 g/mol. The van der Waals surface area contributed by atoms with Crippen LogP contribution in [0.2, 0.25) is 0 Å². The number of amides is 2. The highest BCUT2D eigenvalue weighted by Crippen LogP contribution is 2.27. The molecule has 0 aromatic heterocycles. The predicted octanol–water partition coefficient (Wildman–Crippen LogP) is 4.43. The largest absolute Gasteiger partial charge is 0.325 e. The molecule has 0 aliphatic rings. The summed E-state index contributed by atoms with van der Waals surface area (Å²) >= 11 is 0. The molecule has 0 heterocycles. The molecule has 0 radical (unpaired) electrons. The van der Waals surface area contributed by atoms with Gasteiger partial charge in [-0.2, -0.15) is 0 Å². The minimum absolute atomic E-state index is 0.117. The van der Waals surface area contributed by atoms with Gasteiger partial charge in [-0.1, -0.05) is 73.7 Å². The summed E-state index contributed by atoms with van der Waals surface area (Å²) in [7, 11) is 1.76. The molecule has 30 heavy (non-hydrogen) atoms. The number of hydrogen-bond donors (Lipinski definition) is 2. The van der Waals surface area contributed by atoms with Gasteiger partial charge in [0.2, 0.25) is 11.8 Å². The maximum absolute atomic E-state index is 12.6. The van der Waals surface area contributed by atoms with Crippen LogP contribution in [-0.4, -0.2) is 36.9 Å². The molecule has 3 rings (SSSR count). The van der Waals surface area contributed by atoms with Gasteiger partial charge in [-0.3, -0.25) is 14.5 Å². The molecule has 0 saturated heterocycles. The maximum Gasteiger partial charge on any atom is 0.238 e. The quantitative estimate of drug-likeness (QED) is 0.587. The summed E-state index contributed by atoms with van der Waals surface area (Å²) in [6, 6.07) is 25.4. The molecular formula is C25H27N3O2. The third-order valence-electron chi connectivity index (χ3n) is 4.79. The van der Waals surface area contributed by atoms with Crippen LogP contribution >= 0.6 is 0 Å². The molecule has 0 fully saturated rings. The second-order valence-electron chi connectivity index (χ2n) is 7.19. The first-order valence-electron chi connectivity index (χ1n) is 10.1. The SMILES string of the molecule is CCc1ccccc1NC(=O)CN(C)CC(=O)Nc1ccccc1-c1ccccc1. The van der Waals surface area contributed by atoms with Crippen molar-refractivity contribution < 1.29 is 9.59 Å². The van der Waals surface area contributed by atoms with Gasteiger partial charge in [0.05, 0.1) is 13.1 Å². The van der Waals surface area contributed by atoms with Gasteiger partial charge in [-0.25, -0.2) is 0 Å². The van der Waals surface area contributed by atoms with Crippen LogP contribution in [0, 0.1) is 0 Å². The first-order valence-corrected chi connectivity index (χ1v) is 10.1.